The van der Waals surface area contributed by atoms with E-state index >= 15 is 4.79 Å². The van der Waals surface area contributed by atoms with Crippen molar-refractivity contribution in [3.63, 3.8) is 0 Å². The van der Waals surface area contributed by atoms with E-state index in [1.165, 1.54) is 0 Å². The molecule has 22 atom stereocenters. The number of aliphatic hydroxyl groups is 2. The third-order valence-electron chi connectivity index (χ3n) is 24.8. The molecule has 13 rings (SSSR count). The van der Waals surface area contributed by atoms with Crippen molar-refractivity contribution in [2.24, 2.45) is 98.6 Å². The summed E-state index contributed by atoms with van der Waals surface area (Å²) in [6.45, 7) is 24.8. The van der Waals surface area contributed by atoms with E-state index in [1.807, 2.05) is 6.92 Å². The van der Waals surface area contributed by atoms with Crippen LogP contribution in [0, 0.1) is 98.6 Å². The fraction of sp³-hybridized carbons (Fsp3) is 0.893. The second kappa shape index (κ2) is 13.2. The van der Waals surface area contributed by atoms with Crippen molar-refractivity contribution in [2.75, 3.05) is 6.61 Å². The molecule has 66 heavy (non-hydrogen) atoms. The molecule has 12 aliphatic rings. The van der Waals surface area contributed by atoms with Crippen molar-refractivity contribution in [1.29, 1.82) is 0 Å². The molecule has 10 fully saturated rings. The average molecular weight is 909 g/mol. The Morgan fingerprint density at radius 3 is 1.88 bits per heavy atom. The summed E-state index contributed by atoms with van der Waals surface area (Å²) in [5.74, 6) is 1.07. The van der Waals surface area contributed by atoms with Gasteiger partial charge >= 0.3 is 0 Å². The van der Waals surface area contributed by atoms with Crippen molar-refractivity contribution < 1.29 is 38.7 Å². The van der Waals surface area contributed by atoms with Gasteiger partial charge in [-0.2, -0.15) is 0 Å². The van der Waals surface area contributed by atoms with Crippen LogP contribution < -0.4 is 0 Å². The molecular formula is C56H80N2O8. The Kier molecular flexibility index (Phi) is 8.81. The molecule has 4 spiro atoms. The van der Waals surface area contributed by atoms with E-state index in [-0.39, 0.29) is 87.2 Å². The highest BCUT2D eigenvalue weighted by molar-refractivity contribution is 5.90. The number of carbonyl (C=O) groups is 2. The van der Waals surface area contributed by atoms with E-state index in [0.717, 1.165) is 87.0 Å². The first kappa shape index (κ1) is 44.1. The summed E-state index contributed by atoms with van der Waals surface area (Å²) in [4.78, 5) is 41.2. The smallest absolute Gasteiger partial charge is 0.174 e. The van der Waals surface area contributed by atoms with Crippen LogP contribution in [0.15, 0.2) is 0 Å². The highest BCUT2D eigenvalue weighted by atomic mass is 16.7. The van der Waals surface area contributed by atoms with Gasteiger partial charge in [0.05, 0.1) is 69.2 Å². The zero-order valence-corrected chi connectivity index (χ0v) is 42.0. The predicted octanol–water partition coefficient (Wildman–Crippen LogP) is 8.42. The minimum Gasteiger partial charge on any atom is -0.393 e. The Morgan fingerprint density at radius 2 is 1.27 bits per heavy atom. The quantitative estimate of drug-likeness (QED) is 0.261. The van der Waals surface area contributed by atoms with Gasteiger partial charge in [-0.3, -0.25) is 19.6 Å². The van der Waals surface area contributed by atoms with Gasteiger partial charge in [-0.15, -0.1) is 0 Å². The third-order valence-corrected chi connectivity index (χ3v) is 24.8. The molecule has 4 aliphatic heterocycles. The van der Waals surface area contributed by atoms with Crippen LogP contribution in [0.4, 0.5) is 0 Å². The molecule has 0 radical (unpaired) electrons. The van der Waals surface area contributed by atoms with Crippen LogP contribution in [-0.4, -0.2) is 78.9 Å². The lowest BCUT2D eigenvalue weighted by atomic mass is 9.43. The molecule has 1 aromatic heterocycles. The SMILES string of the molecule is C[C@@H]1[C@H](C)[C@]2(OC[C@]34C(=O)C[C@@H]5[C@@H](CC[C@H]6Cc7nc8c(nc7C[C@@]65C)C[C@@H]5CC[C@@H]6[C@H](CC(=O)[C@]67C[C@@H]6O[C@@]9(CCC(C)(C)O9)[C@@H](C)[C@@H]6[C@]7(C)O)[C@@]5(C)C8)[C@H]3C[C@H](O)[C@@H]4[C@H]2C)OC1(C)C. The normalized spacial score (nSPS) is 57.8. The van der Waals surface area contributed by atoms with Gasteiger partial charge in [0.2, 0.25) is 0 Å². The number of carbonyl (C=O) groups excluding carboxylic acids is 2. The van der Waals surface area contributed by atoms with E-state index in [2.05, 4.69) is 69.2 Å². The van der Waals surface area contributed by atoms with Crippen molar-refractivity contribution in [3.05, 3.63) is 22.8 Å². The Morgan fingerprint density at radius 1 is 0.636 bits per heavy atom. The number of ether oxygens (including phenoxy) is 4. The molecule has 10 heteroatoms. The maximum absolute atomic E-state index is 15.1. The summed E-state index contributed by atoms with van der Waals surface area (Å²) < 4.78 is 27.5. The van der Waals surface area contributed by atoms with Gasteiger partial charge in [0.15, 0.2) is 11.6 Å². The monoisotopic (exact) mass is 909 g/mol. The highest BCUT2D eigenvalue weighted by Gasteiger charge is 2.79. The Labute approximate surface area is 393 Å². The Hall–Kier alpha value is -1.82. The number of hydrogen-bond acceptors (Lipinski definition) is 10. The van der Waals surface area contributed by atoms with Crippen molar-refractivity contribution in [1.82, 2.24) is 9.97 Å². The summed E-state index contributed by atoms with van der Waals surface area (Å²) in [6, 6.07) is 0. The molecule has 5 heterocycles. The van der Waals surface area contributed by atoms with Gasteiger partial charge in [-0.25, -0.2) is 0 Å². The van der Waals surface area contributed by atoms with E-state index in [9.17, 15) is 15.0 Å². The molecule has 8 aliphatic carbocycles. The Balaban J connectivity index is 0.759. The fourth-order valence-electron chi connectivity index (χ4n) is 21.1. The van der Waals surface area contributed by atoms with Crippen molar-refractivity contribution >= 4 is 11.6 Å². The minimum atomic E-state index is -1.17. The van der Waals surface area contributed by atoms with Gasteiger partial charge in [-0.1, -0.05) is 41.5 Å². The molecular weight excluding hydrogens is 829 g/mol. The molecule has 362 valence electrons. The zero-order valence-electron chi connectivity index (χ0n) is 42.0. The minimum absolute atomic E-state index is 0.00619. The van der Waals surface area contributed by atoms with Gasteiger partial charge in [-0.05, 0) is 163 Å². The maximum Gasteiger partial charge on any atom is 0.174 e. The number of nitrogens with zero attached hydrogens (tertiary/aromatic N) is 2. The van der Waals surface area contributed by atoms with Gasteiger partial charge in [0.1, 0.15) is 11.6 Å². The molecule has 1 aromatic rings. The molecule has 10 nitrogen and oxygen atoms in total. The standard InChI is InChI=1S/C56H80N2O8/c1-27-28(2)56(66-49(27,7)8)30(4)46-42(59)20-36-33-14-12-31-18-38-40(23-50(31,9)35(33)21-44(60)53(36,46)26-63-56)57-39-19-32-13-15-34-37(51(32,10)24-41(39)58-38)22-45(61)54(34)25-43-47(52(54,11)62)29(3)55(64-43)17-16-48(5,6)65-55/h27-37,42-43,46-47,59,62H,12-26H2,1-11H3/t27-,28+,29+,30-,31+,32+,33-,34-,35-,36-,37+,42+,43+,46+,47+,50+,51+,52+,53-,54+,55-,56+/m1/s1. The molecule has 0 unspecified atom stereocenters. The van der Waals surface area contributed by atoms with E-state index < -0.39 is 34.1 Å². The summed E-state index contributed by atoms with van der Waals surface area (Å²) in [5, 5.41) is 25.0. The topological polar surface area (TPSA) is 137 Å². The van der Waals surface area contributed by atoms with Gasteiger partial charge in [0, 0.05) is 48.9 Å². The number of ketones is 2. The van der Waals surface area contributed by atoms with Crippen molar-refractivity contribution in [3.8, 4) is 0 Å². The summed E-state index contributed by atoms with van der Waals surface area (Å²) in [6.07, 6.45) is 11.0. The molecule has 0 aromatic carbocycles. The fourth-order valence-corrected chi connectivity index (χ4v) is 21.1. The average Bonchev–Trinajstić information content (AvgIpc) is 4.00. The lowest BCUT2D eigenvalue weighted by Gasteiger charge is -2.62. The number of hydrogen-bond donors (Lipinski definition) is 2. The lowest BCUT2D eigenvalue weighted by Crippen LogP contribution is -2.66. The summed E-state index contributed by atoms with van der Waals surface area (Å²) in [5.41, 5.74) is 1.22. The summed E-state index contributed by atoms with van der Waals surface area (Å²) in [7, 11) is 0. The zero-order chi connectivity index (χ0) is 46.5. The number of aromatic nitrogens is 2. The first-order chi connectivity index (χ1) is 30.9. The van der Waals surface area contributed by atoms with E-state index in [4.69, 9.17) is 28.9 Å². The summed E-state index contributed by atoms with van der Waals surface area (Å²) >= 11 is 0. The number of rotatable bonds is 0. The van der Waals surface area contributed by atoms with E-state index in [0.29, 0.717) is 61.7 Å². The third kappa shape index (κ3) is 5.03. The second-order valence-corrected chi connectivity index (χ2v) is 27.6. The Bertz CT molecular complexity index is 2310. The highest BCUT2D eigenvalue weighted by Crippen LogP contribution is 2.74. The van der Waals surface area contributed by atoms with Crippen molar-refractivity contribution in [2.45, 2.75) is 207 Å². The van der Waals surface area contributed by atoms with Crippen LogP contribution in [0.2, 0.25) is 0 Å². The number of aliphatic hydroxyl groups excluding tert-OH is 1. The largest absolute Gasteiger partial charge is 0.393 e. The molecule has 0 amide bonds. The van der Waals surface area contributed by atoms with Crippen LogP contribution in [0.1, 0.15) is 163 Å². The van der Waals surface area contributed by atoms with Crippen LogP contribution in [0.3, 0.4) is 0 Å². The van der Waals surface area contributed by atoms with Gasteiger partial charge < -0.3 is 29.2 Å². The van der Waals surface area contributed by atoms with Crippen LogP contribution in [-0.2, 0) is 54.2 Å². The maximum atomic E-state index is 15.1. The number of Topliss-reactive ketones (excluding diaryl/α,β-unsaturated/α-hetero) is 2. The van der Waals surface area contributed by atoms with E-state index in [1.54, 1.807) is 0 Å². The first-order valence-corrected chi connectivity index (χ1v) is 27.0. The first-order valence-electron chi connectivity index (χ1n) is 27.0. The number of fused-ring (bicyclic) bond motifs is 11. The molecule has 2 N–H and O–H groups in total. The van der Waals surface area contributed by atoms with Crippen LogP contribution in [0.25, 0.3) is 0 Å². The second-order valence-electron chi connectivity index (χ2n) is 27.6. The van der Waals surface area contributed by atoms with Crippen LogP contribution in [0.5, 0.6) is 0 Å². The molecule has 6 saturated carbocycles. The lowest BCUT2D eigenvalue weighted by molar-refractivity contribution is -0.338. The molecule has 4 saturated heterocycles. The van der Waals surface area contributed by atoms with Crippen LogP contribution >= 0.6 is 0 Å². The van der Waals surface area contributed by atoms with Gasteiger partial charge in [0.25, 0.3) is 0 Å². The molecule has 0 bridgehead atoms. The predicted molar refractivity (Wildman–Crippen MR) is 245 cm³/mol.